The molecule has 0 amide bonds. The molecule has 0 unspecified atom stereocenters. The van der Waals surface area contributed by atoms with E-state index in [4.69, 9.17) is 4.74 Å². The summed E-state index contributed by atoms with van der Waals surface area (Å²) >= 11 is 0. The van der Waals surface area contributed by atoms with Crippen LogP contribution in [-0.4, -0.2) is 17.7 Å². The Morgan fingerprint density at radius 2 is 1.61 bits per heavy atom. The number of hydrogen-bond donors (Lipinski definition) is 1. The van der Waals surface area contributed by atoms with Crippen LogP contribution in [0.15, 0.2) is 12.1 Å². The highest BCUT2D eigenvalue weighted by molar-refractivity contribution is 5.69. The Bertz CT molecular complexity index is 457. The maximum absolute atomic E-state index is 11.7. The second-order valence-electron chi connectivity index (χ2n) is 6.42. The van der Waals surface area contributed by atoms with Gasteiger partial charge in [0.25, 0.3) is 0 Å². The average molecular weight is 320 g/mol. The van der Waals surface area contributed by atoms with E-state index in [0.29, 0.717) is 18.8 Å². The smallest absolute Gasteiger partial charge is 0.305 e. The maximum Gasteiger partial charge on any atom is 0.305 e. The summed E-state index contributed by atoms with van der Waals surface area (Å²) in [5.41, 5.74) is 2.96. The molecule has 0 aliphatic carbocycles. The molecular weight excluding hydrogens is 288 g/mol. The van der Waals surface area contributed by atoms with Crippen molar-refractivity contribution in [1.29, 1.82) is 0 Å². The van der Waals surface area contributed by atoms with Gasteiger partial charge in [0.1, 0.15) is 5.75 Å². The predicted molar refractivity (Wildman–Crippen MR) is 94.9 cm³/mol. The minimum absolute atomic E-state index is 0.0919. The lowest BCUT2D eigenvalue weighted by atomic mass is 10.0. The van der Waals surface area contributed by atoms with E-state index in [9.17, 15) is 9.90 Å². The van der Waals surface area contributed by atoms with Crippen LogP contribution in [0, 0.1) is 13.8 Å². The summed E-state index contributed by atoms with van der Waals surface area (Å²) in [5, 5.41) is 9.76. The number of aryl methyl sites for hydroxylation is 3. The van der Waals surface area contributed by atoms with Crippen LogP contribution in [0.25, 0.3) is 0 Å². The largest absolute Gasteiger partial charge is 0.507 e. The molecule has 1 rings (SSSR count). The zero-order valence-corrected chi connectivity index (χ0v) is 15.0. The number of phenols is 1. The normalized spacial score (nSPS) is 10.7. The first-order valence-corrected chi connectivity index (χ1v) is 8.99. The van der Waals surface area contributed by atoms with Gasteiger partial charge >= 0.3 is 5.97 Å². The van der Waals surface area contributed by atoms with Crippen LogP contribution in [0.4, 0.5) is 0 Å². The maximum atomic E-state index is 11.7. The van der Waals surface area contributed by atoms with E-state index in [-0.39, 0.29) is 5.97 Å². The van der Waals surface area contributed by atoms with Crippen molar-refractivity contribution in [2.24, 2.45) is 0 Å². The number of esters is 1. The van der Waals surface area contributed by atoms with Gasteiger partial charge in [0.2, 0.25) is 0 Å². The first kappa shape index (κ1) is 19.5. The van der Waals surface area contributed by atoms with E-state index < -0.39 is 0 Å². The molecule has 0 aromatic heterocycles. The minimum Gasteiger partial charge on any atom is -0.507 e. The molecule has 0 saturated heterocycles. The van der Waals surface area contributed by atoms with Crippen molar-refractivity contribution in [2.75, 3.05) is 6.61 Å². The molecule has 130 valence electrons. The Kier molecular flexibility index (Phi) is 9.42. The zero-order valence-electron chi connectivity index (χ0n) is 15.0. The molecule has 0 fully saturated rings. The number of benzene rings is 1. The molecule has 1 aromatic rings. The number of hydrogen-bond acceptors (Lipinski definition) is 3. The van der Waals surface area contributed by atoms with Gasteiger partial charge in [-0.2, -0.15) is 0 Å². The number of unbranched alkanes of at least 4 members (excludes halogenated alkanes) is 5. The zero-order chi connectivity index (χ0) is 17.1. The number of carbonyl (C=O) groups is 1. The number of phenolic OH excluding ortho intramolecular Hbond substituents is 1. The van der Waals surface area contributed by atoms with Crippen molar-refractivity contribution in [1.82, 2.24) is 0 Å². The van der Waals surface area contributed by atoms with Crippen LogP contribution in [0.2, 0.25) is 0 Å². The molecule has 0 bridgehead atoms. The second-order valence-corrected chi connectivity index (χ2v) is 6.42. The van der Waals surface area contributed by atoms with Crippen molar-refractivity contribution < 1.29 is 14.6 Å². The lowest BCUT2D eigenvalue weighted by molar-refractivity contribution is -0.143. The Hall–Kier alpha value is -1.51. The van der Waals surface area contributed by atoms with Gasteiger partial charge in [0.15, 0.2) is 0 Å². The fourth-order valence-electron chi connectivity index (χ4n) is 2.77. The van der Waals surface area contributed by atoms with Crippen LogP contribution in [0.1, 0.15) is 75.0 Å². The molecule has 0 aliphatic heterocycles. The van der Waals surface area contributed by atoms with Gasteiger partial charge in [-0.05, 0) is 49.8 Å². The number of ether oxygens (including phenoxy) is 1. The van der Waals surface area contributed by atoms with Crippen molar-refractivity contribution >= 4 is 5.97 Å². The van der Waals surface area contributed by atoms with Crippen LogP contribution >= 0.6 is 0 Å². The molecule has 1 N–H and O–H groups in total. The van der Waals surface area contributed by atoms with Crippen LogP contribution in [-0.2, 0) is 16.0 Å². The fourth-order valence-corrected chi connectivity index (χ4v) is 2.77. The lowest BCUT2D eigenvalue weighted by Gasteiger charge is -2.08. The third-order valence-electron chi connectivity index (χ3n) is 4.16. The molecule has 23 heavy (non-hydrogen) atoms. The standard InChI is InChI=1S/C20H32O3/c1-4-5-6-7-8-9-13-23-19(21)12-10-11-18-14-16(2)20(22)17(3)15-18/h14-15,22H,4-13H2,1-3H3. The predicted octanol–water partition coefficient (Wildman–Crippen LogP) is 5.24. The quantitative estimate of drug-likeness (QED) is 0.448. The summed E-state index contributed by atoms with van der Waals surface area (Å²) in [7, 11) is 0. The summed E-state index contributed by atoms with van der Waals surface area (Å²) in [5.74, 6) is 0.276. The molecule has 0 saturated carbocycles. The number of rotatable bonds is 11. The Morgan fingerprint density at radius 3 is 2.26 bits per heavy atom. The van der Waals surface area contributed by atoms with Gasteiger partial charge in [-0.15, -0.1) is 0 Å². The van der Waals surface area contributed by atoms with Crippen molar-refractivity contribution in [3.63, 3.8) is 0 Å². The second kappa shape index (κ2) is 11.1. The Balaban J connectivity index is 2.12. The SMILES string of the molecule is CCCCCCCCOC(=O)CCCc1cc(C)c(O)c(C)c1. The van der Waals surface area contributed by atoms with Crippen LogP contribution in [0.5, 0.6) is 5.75 Å². The molecule has 3 nitrogen and oxygen atoms in total. The molecule has 0 radical (unpaired) electrons. The summed E-state index contributed by atoms with van der Waals surface area (Å²) in [6.07, 6.45) is 9.32. The van der Waals surface area contributed by atoms with Crippen molar-refractivity contribution in [3.8, 4) is 5.75 Å². The summed E-state index contributed by atoms with van der Waals surface area (Å²) in [6, 6.07) is 3.98. The first-order valence-electron chi connectivity index (χ1n) is 8.99. The molecule has 0 spiro atoms. The third kappa shape index (κ3) is 8.06. The molecular formula is C20H32O3. The highest BCUT2D eigenvalue weighted by Gasteiger charge is 2.06. The average Bonchev–Trinajstić information content (AvgIpc) is 2.51. The van der Waals surface area contributed by atoms with E-state index in [1.54, 1.807) is 0 Å². The molecule has 3 heteroatoms. The monoisotopic (exact) mass is 320 g/mol. The molecule has 0 heterocycles. The van der Waals surface area contributed by atoms with E-state index in [0.717, 1.165) is 36.8 Å². The van der Waals surface area contributed by atoms with Crippen molar-refractivity contribution in [2.45, 2.75) is 78.6 Å². The summed E-state index contributed by atoms with van der Waals surface area (Å²) < 4.78 is 5.27. The minimum atomic E-state index is -0.0919. The number of carbonyl (C=O) groups excluding carboxylic acids is 1. The topological polar surface area (TPSA) is 46.5 Å². The summed E-state index contributed by atoms with van der Waals surface area (Å²) in [4.78, 5) is 11.7. The van der Waals surface area contributed by atoms with Crippen LogP contribution < -0.4 is 0 Å². The van der Waals surface area contributed by atoms with Gasteiger partial charge in [0, 0.05) is 6.42 Å². The Labute approximate surface area is 141 Å². The third-order valence-corrected chi connectivity index (χ3v) is 4.16. The van der Waals surface area contributed by atoms with E-state index >= 15 is 0 Å². The number of aromatic hydroxyl groups is 1. The highest BCUT2D eigenvalue weighted by Crippen LogP contribution is 2.23. The molecule has 1 aromatic carbocycles. The highest BCUT2D eigenvalue weighted by atomic mass is 16.5. The fraction of sp³-hybridized carbons (Fsp3) is 0.650. The van der Waals surface area contributed by atoms with Crippen LogP contribution in [0.3, 0.4) is 0 Å². The van der Waals surface area contributed by atoms with Gasteiger partial charge in [0.05, 0.1) is 6.61 Å². The molecule has 0 atom stereocenters. The summed E-state index contributed by atoms with van der Waals surface area (Å²) in [6.45, 7) is 6.58. The van der Waals surface area contributed by atoms with Gasteiger partial charge in [-0.3, -0.25) is 4.79 Å². The van der Waals surface area contributed by atoms with Gasteiger partial charge < -0.3 is 9.84 Å². The van der Waals surface area contributed by atoms with Gasteiger partial charge in [-0.25, -0.2) is 0 Å². The lowest BCUT2D eigenvalue weighted by Crippen LogP contribution is -2.06. The first-order chi connectivity index (χ1) is 11.0. The van der Waals surface area contributed by atoms with Gasteiger partial charge in [-0.1, -0.05) is 51.2 Å². The Morgan fingerprint density at radius 1 is 1.00 bits per heavy atom. The van der Waals surface area contributed by atoms with E-state index in [1.165, 1.54) is 31.2 Å². The van der Waals surface area contributed by atoms with E-state index in [2.05, 4.69) is 6.92 Å². The van der Waals surface area contributed by atoms with Crippen molar-refractivity contribution in [3.05, 3.63) is 28.8 Å². The van der Waals surface area contributed by atoms with E-state index in [1.807, 2.05) is 26.0 Å². The molecule has 0 aliphatic rings.